The van der Waals surface area contributed by atoms with Crippen molar-refractivity contribution in [2.45, 2.75) is 18.9 Å². The number of hydrogen-bond acceptors (Lipinski definition) is 5. The van der Waals surface area contributed by atoms with Crippen LogP contribution in [0.2, 0.25) is 0 Å². The van der Waals surface area contributed by atoms with Crippen LogP contribution >= 0.6 is 11.3 Å². The third-order valence-corrected chi connectivity index (χ3v) is 5.58. The minimum absolute atomic E-state index is 0.0909. The number of rotatable bonds is 4. The van der Waals surface area contributed by atoms with E-state index >= 15 is 0 Å². The van der Waals surface area contributed by atoms with Crippen molar-refractivity contribution in [2.24, 2.45) is 0 Å². The standard InChI is InChI=1S/C19H21N5OS/c1-24-9-7-14(8-10-24)21-18(25)16-12-26-19(22-16)15-11-20-23-17(15)13-5-3-2-4-6-13/h2-6,11-12,14H,7-10H2,1H3,(H,20,23)(H,21,25). The van der Waals surface area contributed by atoms with E-state index < -0.39 is 0 Å². The summed E-state index contributed by atoms with van der Waals surface area (Å²) in [7, 11) is 2.11. The molecular weight excluding hydrogens is 346 g/mol. The summed E-state index contributed by atoms with van der Waals surface area (Å²) in [5.74, 6) is -0.0909. The smallest absolute Gasteiger partial charge is 0.270 e. The molecule has 2 N–H and O–H groups in total. The van der Waals surface area contributed by atoms with Gasteiger partial charge >= 0.3 is 0 Å². The third-order valence-electron chi connectivity index (χ3n) is 4.71. The fraction of sp³-hybridized carbons (Fsp3) is 0.316. The van der Waals surface area contributed by atoms with Crippen molar-refractivity contribution in [3.8, 4) is 21.8 Å². The normalized spacial score (nSPS) is 15.9. The number of nitrogens with zero attached hydrogens (tertiary/aromatic N) is 3. The van der Waals surface area contributed by atoms with Crippen LogP contribution in [0, 0.1) is 0 Å². The summed E-state index contributed by atoms with van der Waals surface area (Å²) in [6, 6.07) is 10.2. The third kappa shape index (κ3) is 3.54. The van der Waals surface area contributed by atoms with Crippen molar-refractivity contribution in [1.29, 1.82) is 0 Å². The minimum atomic E-state index is -0.0909. The van der Waals surface area contributed by atoms with Gasteiger partial charge in [0, 0.05) is 23.2 Å². The summed E-state index contributed by atoms with van der Waals surface area (Å²) in [5, 5.41) is 13.0. The number of aromatic amines is 1. The first-order valence-corrected chi connectivity index (χ1v) is 9.63. The SMILES string of the molecule is CN1CCC(NC(=O)c2csc(-c3c[nH]nc3-c3ccccc3)n2)CC1. The van der Waals surface area contributed by atoms with Crippen LogP contribution < -0.4 is 5.32 Å². The van der Waals surface area contributed by atoms with Crippen molar-refractivity contribution < 1.29 is 4.79 Å². The predicted octanol–water partition coefficient (Wildman–Crippen LogP) is 3.02. The van der Waals surface area contributed by atoms with Gasteiger partial charge in [0.25, 0.3) is 5.91 Å². The van der Waals surface area contributed by atoms with Crippen LogP contribution in [0.5, 0.6) is 0 Å². The summed E-state index contributed by atoms with van der Waals surface area (Å²) in [4.78, 5) is 19.4. The summed E-state index contributed by atoms with van der Waals surface area (Å²) in [6.45, 7) is 2.03. The number of likely N-dealkylation sites (tertiary alicyclic amines) is 1. The van der Waals surface area contributed by atoms with Crippen molar-refractivity contribution in [2.75, 3.05) is 20.1 Å². The maximum Gasteiger partial charge on any atom is 0.270 e. The van der Waals surface area contributed by atoms with Crippen LogP contribution in [0.3, 0.4) is 0 Å². The Bertz CT molecular complexity index is 880. The number of carbonyl (C=O) groups is 1. The van der Waals surface area contributed by atoms with Crippen LogP contribution in [0.4, 0.5) is 0 Å². The predicted molar refractivity (Wildman–Crippen MR) is 103 cm³/mol. The van der Waals surface area contributed by atoms with E-state index in [9.17, 15) is 4.79 Å². The first kappa shape index (κ1) is 16.9. The molecule has 1 aliphatic heterocycles. The average molecular weight is 367 g/mol. The van der Waals surface area contributed by atoms with Crippen LogP contribution in [0.25, 0.3) is 21.8 Å². The number of H-pyrrole nitrogens is 1. The molecule has 26 heavy (non-hydrogen) atoms. The Hall–Kier alpha value is -2.51. The Morgan fingerprint density at radius 3 is 2.81 bits per heavy atom. The lowest BCUT2D eigenvalue weighted by Crippen LogP contribution is -2.43. The van der Waals surface area contributed by atoms with Gasteiger partial charge in [-0.3, -0.25) is 9.89 Å². The molecule has 3 aromatic rings. The molecule has 0 saturated carbocycles. The lowest BCUT2D eigenvalue weighted by atomic mass is 10.1. The Balaban J connectivity index is 1.50. The van der Waals surface area contributed by atoms with Crippen molar-refractivity contribution in [3.05, 3.63) is 47.6 Å². The molecule has 0 aliphatic carbocycles. The molecule has 1 aliphatic rings. The fourth-order valence-electron chi connectivity index (χ4n) is 3.18. The molecule has 1 amide bonds. The highest BCUT2D eigenvalue weighted by atomic mass is 32.1. The molecule has 3 heterocycles. The zero-order chi connectivity index (χ0) is 17.9. The maximum atomic E-state index is 12.5. The Morgan fingerprint density at radius 1 is 1.27 bits per heavy atom. The molecule has 7 heteroatoms. The van der Waals surface area contributed by atoms with E-state index in [2.05, 4.69) is 32.4 Å². The van der Waals surface area contributed by atoms with Crippen molar-refractivity contribution in [3.63, 3.8) is 0 Å². The van der Waals surface area contributed by atoms with Crippen LogP contribution in [-0.2, 0) is 0 Å². The molecule has 2 aromatic heterocycles. The Kier molecular flexibility index (Phi) is 4.81. The van der Waals surface area contributed by atoms with Gasteiger partial charge in [0.2, 0.25) is 0 Å². The molecule has 4 rings (SSSR count). The number of nitrogens with one attached hydrogen (secondary N) is 2. The van der Waals surface area contributed by atoms with Gasteiger partial charge in [-0.05, 0) is 33.0 Å². The second kappa shape index (κ2) is 7.39. The lowest BCUT2D eigenvalue weighted by Gasteiger charge is -2.29. The van der Waals surface area contributed by atoms with Gasteiger partial charge in [0.05, 0.1) is 5.56 Å². The summed E-state index contributed by atoms with van der Waals surface area (Å²) < 4.78 is 0. The molecule has 0 unspecified atom stereocenters. The molecular formula is C19H21N5OS. The molecule has 1 fully saturated rings. The second-order valence-corrected chi connectivity index (χ2v) is 7.46. The molecule has 0 atom stereocenters. The van der Waals surface area contributed by atoms with Gasteiger partial charge in [-0.1, -0.05) is 30.3 Å². The van der Waals surface area contributed by atoms with E-state index in [1.807, 2.05) is 41.9 Å². The van der Waals surface area contributed by atoms with Gasteiger partial charge < -0.3 is 10.2 Å². The zero-order valence-electron chi connectivity index (χ0n) is 14.6. The van der Waals surface area contributed by atoms with Crippen LogP contribution in [-0.4, -0.2) is 52.2 Å². The Labute approximate surface area is 156 Å². The molecule has 1 aromatic carbocycles. The second-order valence-electron chi connectivity index (χ2n) is 6.60. The summed E-state index contributed by atoms with van der Waals surface area (Å²) in [6.07, 6.45) is 3.80. The Morgan fingerprint density at radius 2 is 2.04 bits per heavy atom. The minimum Gasteiger partial charge on any atom is -0.348 e. The molecule has 134 valence electrons. The quantitative estimate of drug-likeness (QED) is 0.743. The number of carbonyl (C=O) groups excluding carboxylic acids is 1. The van der Waals surface area contributed by atoms with E-state index in [4.69, 9.17) is 0 Å². The van der Waals surface area contributed by atoms with Crippen LogP contribution in [0.15, 0.2) is 41.9 Å². The fourth-order valence-corrected chi connectivity index (χ4v) is 4.00. The van der Waals surface area contributed by atoms with Gasteiger partial charge in [0.1, 0.15) is 16.4 Å². The highest BCUT2D eigenvalue weighted by Gasteiger charge is 2.21. The van der Waals surface area contributed by atoms with Crippen molar-refractivity contribution in [1.82, 2.24) is 25.4 Å². The molecule has 0 radical (unpaired) electrons. The zero-order valence-corrected chi connectivity index (χ0v) is 15.4. The lowest BCUT2D eigenvalue weighted by molar-refractivity contribution is 0.0912. The van der Waals surface area contributed by atoms with Gasteiger partial charge in [-0.25, -0.2) is 4.98 Å². The van der Waals surface area contributed by atoms with E-state index in [0.29, 0.717) is 5.69 Å². The van der Waals surface area contributed by atoms with E-state index in [1.54, 1.807) is 0 Å². The number of thiazole rings is 1. The van der Waals surface area contributed by atoms with Gasteiger partial charge in [-0.15, -0.1) is 11.3 Å². The number of hydrogen-bond donors (Lipinski definition) is 2. The number of aromatic nitrogens is 3. The van der Waals surface area contributed by atoms with Gasteiger partial charge in [0.15, 0.2) is 0 Å². The highest BCUT2D eigenvalue weighted by Crippen LogP contribution is 2.32. The van der Waals surface area contributed by atoms with E-state index in [0.717, 1.165) is 47.8 Å². The highest BCUT2D eigenvalue weighted by molar-refractivity contribution is 7.13. The van der Waals surface area contributed by atoms with E-state index in [-0.39, 0.29) is 11.9 Å². The monoisotopic (exact) mass is 367 g/mol. The first-order valence-electron chi connectivity index (χ1n) is 8.75. The number of amides is 1. The first-order chi connectivity index (χ1) is 12.7. The average Bonchev–Trinajstić information content (AvgIpc) is 3.33. The van der Waals surface area contributed by atoms with Gasteiger partial charge in [-0.2, -0.15) is 5.10 Å². The number of piperidine rings is 1. The van der Waals surface area contributed by atoms with E-state index in [1.165, 1.54) is 11.3 Å². The molecule has 0 spiro atoms. The summed E-state index contributed by atoms with van der Waals surface area (Å²) in [5.41, 5.74) is 3.27. The topological polar surface area (TPSA) is 73.9 Å². The summed E-state index contributed by atoms with van der Waals surface area (Å²) >= 11 is 1.47. The maximum absolute atomic E-state index is 12.5. The molecule has 0 bridgehead atoms. The van der Waals surface area contributed by atoms with Crippen LogP contribution in [0.1, 0.15) is 23.3 Å². The largest absolute Gasteiger partial charge is 0.348 e. The number of benzene rings is 1. The molecule has 1 saturated heterocycles. The molecule has 6 nitrogen and oxygen atoms in total. The van der Waals surface area contributed by atoms with Crippen molar-refractivity contribution >= 4 is 17.2 Å².